The molecule has 196 valence electrons. The van der Waals surface area contributed by atoms with Gasteiger partial charge in [-0.05, 0) is 86.9 Å². The van der Waals surface area contributed by atoms with Crippen molar-refractivity contribution >= 4 is 11.4 Å². The molecule has 2 aromatic carbocycles. The minimum absolute atomic E-state index is 0.667. The Morgan fingerprint density at radius 3 is 2.27 bits per heavy atom. The molecule has 37 heavy (non-hydrogen) atoms. The van der Waals surface area contributed by atoms with E-state index in [2.05, 4.69) is 69.0 Å². The van der Waals surface area contributed by atoms with Crippen molar-refractivity contribution in [3.63, 3.8) is 0 Å². The van der Waals surface area contributed by atoms with Gasteiger partial charge in [-0.3, -0.25) is 0 Å². The molecular weight excluding hydrogens is 460 g/mol. The van der Waals surface area contributed by atoms with Crippen LogP contribution in [0.4, 0.5) is 11.4 Å². The van der Waals surface area contributed by atoms with Crippen LogP contribution in [0.3, 0.4) is 0 Å². The lowest BCUT2D eigenvalue weighted by atomic mass is 10.1. The Bertz CT molecular complexity index is 1130. The molecule has 2 aliphatic heterocycles. The van der Waals surface area contributed by atoms with Gasteiger partial charge < -0.3 is 30.9 Å². The first-order valence-corrected chi connectivity index (χ1v) is 13.6. The van der Waals surface area contributed by atoms with Crippen LogP contribution < -0.4 is 26.0 Å². The first kappa shape index (κ1) is 25.5. The van der Waals surface area contributed by atoms with Gasteiger partial charge in [0.15, 0.2) is 0 Å². The summed E-state index contributed by atoms with van der Waals surface area (Å²) in [6, 6.07) is 21.3. The molecule has 5 rings (SSSR count). The predicted molar refractivity (Wildman–Crippen MR) is 153 cm³/mol. The molecule has 2 fully saturated rings. The van der Waals surface area contributed by atoms with E-state index in [0.717, 1.165) is 92.7 Å². The van der Waals surface area contributed by atoms with E-state index in [9.17, 15) is 0 Å². The van der Waals surface area contributed by atoms with E-state index in [1.807, 2.05) is 12.1 Å². The summed E-state index contributed by atoms with van der Waals surface area (Å²) in [6.45, 7) is 9.32. The van der Waals surface area contributed by atoms with Crippen molar-refractivity contribution in [3.05, 3.63) is 60.7 Å². The summed E-state index contributed by atoms with van der Waals surface area (Å²) >= 11 is 0. The van der Waals surface area contributed by atoms with Gasteiger partial charge in [-0.1, -0.05) is 12.1 Å². The Morgan fingerprint density at radius 1 is 0.973 bits per heavy atom. The van der Waals surface area contributed by atoms with Crippen LogP contribution in [0.1, 0.15) is 12.8 Å². The van der Waals surface area contributed by atoms with Crippen molar-refractivity contribution in [2.24, 2.45) is 11.7 Å². The number of pyridine rings is 1. The Hall–Kier alpha value is -3.13. The minimum Gasteiger partial charge on any atom is -0.497 e. The summed E-state index contributed by atoms with van der Waals surface area (Å²) in [5.74, 6) is 1.52. The number of hydrogen-bond acceptors (Lipinski definition) is 7. The molecular formula is C30H40N6O. The summed E-state index contributed by atoms with van der Waals surface area (Å²) in [4.78, 5) is 10.0. The fourth-order valence-electron chi connectivity index (χ4n) is 5.30. The third-order valence-electron chi connectivity index (χ3n) is 7.54. The topological polar surface area (TPSA) is 78.7 Å². The van der Waals surface area contributed by atoms with Gasteiger partial charge in [0, 0.05) is 61.8 Å². The van der Waals surface area contributed by atoms with Gasteiger partial charge in [0.05, 0.1) is 18.5 Å². The largest absolute Gasteiger partial charge is 0.497 e. The van der Waals surface area contributed by atoms with Crippen LogP contribution in [0.5, 0.6) is 5.75 Å². The van der Waals surface area contributed by atoms with Crippen molar-refractivity contribution in [2.45, 2.75) is 12.8 Å². The van der Waals surface area contributed by atoms with Crippen LogP contribution in [0.15, 0.2) is 60.7 Å². The number of benzene rings is 2. The van der Waals surface area contributed by atoms with Crippen LogP contribution in [-0.4, -0.2) is 75.9 Å². The number of ether oxygens (including phenoxy) is 1. The van der Waals surface area contributed by atoms with Gasteiger partial charge in [0.1, 0.15) is 5.75 Å². The minimum atomic E-state index is 0.667. The van der Waals surface area contributed by atoms with Crippen LogP contribution in [0, 0.1) is 5.92 Å². The number of rotatable bonds is 10. The number of hydrogen-bond donors (Lipinski definition) is 3. The number of nitrogens with two attached hydrogens (primary N) is 1. The molecule has 1 unspecified atom stereocenters. The molecule has 2 saturated heterocycles. The van der Waals surface area contributed by atoms with Crippen LogP contribution in [-0.2, 0) is 0 Å². The van der Waals surface area contributed by atoms with E-state index in [0.29, 0.717) is 5.92 Å². The molecule has 0 aliphatic carbocycles. The Morgan fingerprint density at radius 2 is 1.65 bits per heavy atom. The highest BCUT2D eigenvalue weighted by atomic mass is 16.5. The average Bonchev–Trinajstić information content (AvgIpc) is 3.44. The zero-order valence-corrected chi connectivity index (χ0v) is 22.0. The summed E-state index contributed by atoms with van der Waals surface area (Å²) in [5, 5.41) is 7.09. The SMILES string of the molecule is COc1ccc(-c2cc(NCCCN3CCC(CN)C3)cc(-c3ccc(N4CCNCC4)cc3)n2)cc1. The summed E-state index contributed by atoms with van der Waals surface area (Å²) in [6.07, 6.45) is 2.34. The predicted octanol–water partition coefficient (Wildman–Crippen LogP) is 3.92. The van der Waals surface area contributed by atoms with Crippen molar-refractivity contribution in [2.75, 3.05) is 76.2 Å². The maximum absolute atomic E-state index is 5.86. The lowest BCUT2D eigenvalue weighted by Crippen LogP contribution is -2.43. The van der Waals surface area contributed by atoms with Crippen LogP contribution >= 0.6 is 0 Å². The highest BCUT2D eigenvalue weighted by Gasteiger charge is 2.20. The number of nitrogens with one attached hydrogen (secondary N) is 2. The molecule has 4 N–H and O–H groups in total. The van der Waals surface area contributed by atoms with Crippen molar-refractivity contribution in [1.29, 1.82) is 0 Å². The highest BCUT2D eigenvalue weighted by Crippen LogP contribution is 2.29. The van der Waals surface area contributed by atoms with Crippen LogP contribution in [0.2, 0.25) is 0 Å². The van der Waals surface area contributed by atoms with Gasteiger partial charge in [-0.2, -0.15) is 0 Å². The maximum Gasteiger partial charge on any atom is 0.118 e. The third kappa shape index (κ3) is 6.60. The van der Waals surface area contributed by atoms with Crippen molar-refractivity contribution in [3.8, 4) is 28.3 Å². The smallest absolute Gasteiger partial charge is 0.118 e. The molecule has 3 heterocycles. The van der Waals surface area contributed by atoms with E-state index in [4.69, 9.17) is 15.5 Å². The number of likely N-dealkylation sites (tertiary alicyclic amines) is 1. The molecule has 0 amide bonds. The first-order chi connectivity index (χ1) is 18.2. The molecule has 0 bridgehead atoms. The fourth-order valence-corrected chi connectivity index (χ4v) is 5.30. The Kier molecular flexibility index (Phi) is 8.56. The zero-order valence-electron chi connectivity index (χ0n) is 22.0. The summed E-state index contributed by atoms with van der Waals surface area (Å²) in [5.41, 5.74) is 12.4. The third-order valence-corrected chi connectivity index (χ3v) is 7.54. The first-order valence-electron chi connectivity index (χ1n) is 13.6. The molecule has 1 aromatic heterocycles. The molecule has 3 aromatic rings. The number of anilines is 2. The lowest BCUT2D eigenvalue weighted by Gasteiger charge is -2.29. The van der Waals surface area contributed by atoms with E-state index < -0.39 is 0 Å². The highest BCUT2D eigenvalue weighted by molar-refractivity contribution is 5.73. The Labute approximate surface area is 221 Å². The maximum atomic E-state index is 5.86. The van der Waals surface area contributed by atoms with E-state index in [1.165, 1.54) is 18.7 Å². The molecule has 0 saturated carbocycles. The normalized spacial score (nSPS) is 18.2. The number of aromatic nitrogens is 1. The summed E-state index contributed by atoms with van der Waals surface area (Å²) < 4.78 is 5.35. The van der Waals surface area contributed by atoms with Gasteiger partial charge in [-0.15, -0.1) is 0 Å². The van der Waals surface area contributed by atoms with E-state index >= 15 is 0 Å². The van der Waals surface area contributed by atoms with Gasteiger partial charge >= 0.3 is 0 Å². The fraction of sp³-hybridized carbons (Fsp3) is 0.433. The number of piperazine rings is 1. The van der Waals surface area contributed by atoms with E-state index in [1.54, 1.807) is 7.11 Å². The molecule has 1 atom stereocenters. The van der Waals surface area contributed by atoms with E-state index in [-0.39, 0.29) is 0 Å². The van der Waals surface area contributed by atoms with Crippen molar-refractivity contribution < 1.29 is 4.74 Å². The standard InChI is InChI=1S/C30H40N6O/c1-37-28-9-5-25(6-10-28)30-20-26(33-12-2-15-35-16-11-23(21-31)22-35)19-29(34-30)24-3-7-27(8-4-24)36-17-13-32-14-18-36/h3-10,19-20,23,32H,2,11-18,21-22,31H2,1H3,(H,33,34). The molecule has 0 spiro atoms. The average molecular weight is 501 g/mol. The second-order valence-electron chi connectivity index (χ2n) is 10.1. The molecule has 0 radical (unpaired) electrons. The van der Waals surface area contributed by atoms with Gasteiger partial charge in [-0.25, -0.2) is 4.98 Å². The molecule has 2 aliphatic rings. The quantitative estimate of drug-likeness (QED) is 0.364. The zero-order chi connectivity index (χ0) is 25.5. The molecule has 7 heteroatoms. The van der Waals surface area contributed by atoms with Crippen molar-refractivity contribution in [1.82, 2.24) is 15.2 Å². The second kappa shape index (κ2) is 12.4. The summed E-state index contributed by atoms with van der Waals surface area (Å²) in [7, 11) is 1.69. The van der Waals surface area contributed by atoms with Crippen LogP contribution in [0.25, 0.3) is 22.5 Å². The van der Waals surface area contributed by atoms with Gasteiger partial charge in [0.2, 0.25) is 0 Å². The lowest BCUT2D eigenvalue weighted by molar-refractivity contribution is 0.324. The van der Waals surface area contributed by atoms with Gasteiger partial charge in [0.25, 0.3) is 0 Å². The number of methoxy groups -OCH3 is 1. The monoisotopic (exact) mass is 500 g/mol. The number of nitrogens with zero attached hydrogens (tertiary/aromatic N) is 3. The molecule has 7 nitrogen and oxygen atoms in total. The Balaban J connectivity index is 1.32. The second-order valence-corrected chi connectivity index (χ2v) is 10.1.